The van der Waals surface area contributed by atoms with Crippen molar-refractivity contribution in [1.82, 2.24) is 4.98 Å². The molecule has 0 saturated heterocycles. The van der Waals surface area contributed by atoms with Gasteiger partial charge in [0.25, 0.3) is 0 Å². The van der Waals surface area contributed by atoms with Crippen LogP contribution >= 0.6 is 15.9 Å². The van der Waals surface area contributed by atoms with Gasteiger partial charge in [-0.2, -0.15) is 0 Å². The molecule has 0 saturated carbocycles. The Morgan fingerprint density at radius 1 is 1.22 bits per heavy atom. The van der Waals surface area contributed by atoms with E-state index in [4.69, 9.17) is 9.15 Å². The number of halogens is 1. The van der Waals surface area contributed by atoms with Crippen molar-refractivity contribution < 1.29 is 9.15 Å². The van der Waals surface area contributed by atoms with Gasteiger partial charge in [0.15, 0.2) is 12.2 Å². The fourth-order valence-electron chi connectivity index (χ4n) is 1.40. The lowest BCUT2D eigenvalue weighted by atomic mass is 10.2. The van der Waals surface area contributed by atoms with Crippen LogP contribution in [-0.2, 0) is 0 Å². The standard InChI is InChI=1S/C12H12BrNO2.C2H6/c1-8(2)16-11-4-9(3-10(13)5-11)12-6-14-7-15-12;1-2/h3-8H,1-2H3;1-2H3. The van der Waals surface area contributed by atoms with Gasteiger partial charge in [0.1, 0.15) is 5.75 Å². The molecule has 0 radical (unpaired) electrons. The molecule has 0 aliphatic rings. The van der Waals surface area contributed by atoms with Crippen LogP contribution in [0.1, 0.15) is 27.7 Å². The average Bonchev–Trinajstić information content (AvgIpc) is 2.83. The van der Waals surface area contributed by atoms with Crippen LogP contribution in [0.4, 0.5) is 0 Å². The molecule has 4 heteroatoms. The molecule has 1 heterocycles. The lowest BCUT2D eigenvalue weighted by Gasteiger charge is -2.10. The Bertz CT molecular complexity index is 467. The molecular formula is C14H18BrNO2. The Hall–Kier alpha value is -1.29. The van der Waals surface area contributed by atoms with Crippen molar-refractivity contribution >= 4 is 15.9 Å². The lowest BCUT2D eigenvalue weighted by molar-refractivity contribution is 0.242. The molecule has 1 aromatic carbocycles. The van der Waals surface area contributed by atoms with Gasteiger partial charge >= 0.3 is 0 Å². The van der Waals surface area contributed by atoms with Crippen molar-refractivity contribution in [2.75, 3.05) is 0 Å². The molecule has 1 aromatic heterocycles. The maximum Gasteiger partial charge on any atom is 0.181 e. The molecule has 18 heavy (non-hydrogen) atoms. The maximum atomic E-state index is 5.64. The van der Waals surface area contributed by atoms with E-state index in [9.17, 15) is 0 Å². The summed E-state index contributed by atoms with van der Waals surface area (Å²) >= 11 is 3.45. The fraction of sp³-hybridized carbons (Fsp3) is 0.357. The number of benzene rings is 1. The molecule has 3 nitrogen and oxygen atoms in total. The molecule has 2 aromatic rings. The summed E-state index contributed by atoms with van der Waals surface area (Å²) < 4.78 is 11.8. The smallest absolute Gasteiger partial charge is 0.181 e. The Kier molecular flexibility index (Phi) is 5.92. The van der Waals surface area contributed by atoms with Crippen molar-refractivity contribution in [3.05, 3.63) is 35.3 Å². The van der Waals surface area contributed by atoms with E-state index >= 15 is 0 Å². The first-order valence-corrected chi connectivity index (χ1v) is 6.80. The van der Waals surface area contributed by atoms with Crippen molar-refractivity contribution in [2.45, 2.75) is 33.8 Å². The molecule has 0 atom stereocenters. The number of hydrogen-bond donors (Lipinski definition) is 0. The van der Waals surface area contributed by atoms with Crippen molar-refractivity contribution in [3.63, 3.8) is 0 Å². The second kappa shape index (κ2) is 7.21. The van der Waals surface area contributed by atoms with E-state index in [0.29, 0.717) is 0 Å². The van der Waals surface area contributed by atoms with E-state index in [1.807, 2.05) is 45.9 Å². The highest BCUT2D eigenvalue weighted by Gasteiger charge is 2.06. The molecule has 0 fully saturated rings. The predicted molar refractivity (Wildman–Crippen MR) is 76.8 cm³/mol. The fourth-order valence-corrected chi connectivity index (χ4v) is 1.88. The minimum atomic E-state index is 0.150. The maximum absolute atomic E-state index is 5.64. The van der Waals surface area contributed by atoms with Crippen LogP contribution < -0.4 is 4.74 Å². The van der Waals surface area contributed by atoms with Crippen LogP contribution in [0.2, 0.25) is 0 Å². The van der Waals surface area contributed by atoms with Crippen LogP contribution in [0.3, 0.4) is 0 Å². The van der Waals surface area contributed by atoms with Gasteiger partial charge < -0.3 is 9.15 Å². The van der Waals surface area contributed by atoms with E-state index < -0.39 is 0 Å². The van der Waals surface area contributed by atoms with E-state index in [1.165, 1.54) is 6.39 Å². The zero-order valence-electron chi connectivity index (χ0n) is 11.1. The summed E-state index contributed by atoms with van der Waals surface area (Å²) in [5.41, 5.74) is 0.947. The third kappa shape index (κ3) is 4.18. The third-order valence-corrected chi connectivity index (χ3v) is 2.42. The van der Waals surface area contributed by atoms with Crippen LogP contribution in [0.5, 0.6) is 5.75 Å². The first-order chi connectivity index (χ1) is 8.65. The lowest BCUT2D eigenvalue weighted by Crippen LogP contribution is -2.05. The van der Waals surface area contributed by atoms with Crippen LogP contribution in [0, 0.1) is 0 Å². The largest absolute Gasteiger partial charge is 0.491 e. The van der Waals surface area contributed by atoms with Gasteiger partial charge in [-0.05, 0) is 32.0 Å². The Morgan fingerprint density at radius 2 is 1.94 bits per heavy atom. The molecule has 0 bridgehead atoms. The second-order valence-corrected chi connectivity index (χ2v) is 4.62. The van der Waals surface area contributed by atoms with Crippen molar-refractivity contribution in [2.24, 2.45) is 0 Å². The average molecular weight is 312 g/mol. The highest BCUT2D eigenvalue weighted by molar-refractivity contribution is 9.10. The molecule has 0 N–H and O–H groups in total. The summed E-state index contributed by atoms with van der Waals surface area (Å²) in [7, 11) is 0. The Labute approximate surface area is 116 Å². The predicted octanol–water partition coefficient (Wildman–Crippen LogP) is 4.92. The number of aromatic nitrogens is 1. The summed E-state index contributed by atoms with van der Waals surface area (Å²) in [6, 6.07) is 5.83. The summed E-state index contributed by atoms with van der Waals surface area (Å²) in [5.74, 6) is 1.55. The van der Waals surface area contributed by atoms with E-state index in [-0.39, 0.29) is 6.10 Å². The molecule has 0 aliphatic heterocycles. The third-order valence-electron chi connectivity index (χ3n) is 1.96. The Morgan fingerprint density at radius 3 is 2.50 bits per heavy atom. The van der Waals surface area contributed by atoms with Crippen LogP contribution in [0.25, 0.3) is 11.3 Å². The summed E-state index contributed by atoms with van der Waals surface area (Å²) in [4.78, 5) is 3.90. The summed E-state index contributed by atoms with van der Waals surface area (Å²) in [6.45, 7) is 7.99. The molecule has 0 unspecified atom stereocenters. The van der Waals surface area contributed by atoms with Crippen molar-refractivity contribution in [3.8, 4) is 17.1 Å². The molecule has 0 amide bonds. The SMILES string of the molecule is CC.CC(C)Oc1cc(Br)cc(-c2cnco2)c1. The minimum absolute atomic E-state index is 0.150. The number of rotatable bonds is 3. The number of oxazole rings is 1. The number of ether oxygens (including phenoxy) is 1. The van der Waals surface area contributed by atoms with E-state index in [0.717, 1.165) is 21.5 Å². The molecule has 2 rings (SSSR count). The highest BCUT2D eigenvalue weighted by Crippen LogP contribution is 2.28. The van der Waals surface area contributed by atoms with Gasteiger partial charge in [-0.25, -0.2) is 4.98 Å². The Balaban J connectivity index is 0.000000771. The zero-order chi connectivity index (χ0) is 13.5. The van der Waals surface area contributed by atoms with Crippen molar-refractivity contribution in [1.29, 1.82) is 0 Å². The summed E-state index contributed by atoms with van der Waals surface area (Å²) in [5, 5.41) is 0. The quantitative estimate of drug-likeness (QED) is 0.807. The van der Waals surface area contributed by atoms with Gasteiger partial charge in [-0.15, -0.1) is 0 Å². The van der Waals surface area contributed by atoms with E-state index in [2.05, 4.69) is 20.9 Å². The molecule has 98 valence electrons. The van der Waals surface area contributed by atoms with Gasteiger partial charge in [0.2, 0.25) is 0 Å². The van der Waals surface area contributed by atoms with Gasteiger partial charge in [-0.1, -0.05) is 29.8 Å². The molecular weight excluding hydrogens is 294 g/mol. The zero-order valence-corrected chi connectivity index (χ0v) is 12.7. The topological polar surface area (TPSA) is 35.3 Å². The van der Waals surface area contributed by atoms with E-state index in [1.54, 1.807) is 6.20 Å². The number of hydrogen-bond acceptors (Lipinski definition) is 3. The second-order valence-electron chi connectivity index (χ2n) is 3.71. The minimum Gasteiger partial charge on any atom is -0.491 e. The normalized spacial score (nSPS) is 9.89. The van der Waals surface area contributed by atoms with Crippen LogP contribution in [0.15, 0.2) is 39.7 Å². The van der Waals surface area contributed by atoms with Gasteiger partial charge in [-0.3, -0.25) is 0 Å². The monoisotopic (exact) mass is 311 g/mol. The first kappa shape index (κ1) is 14.8. The van der Waals surface area contributed by atoms with Gasteiger partial charge in [0.05, 0.1) is 12.3 Å². The molecule has 0 aliphatic carbocycles. The van der Waals surface area contributed by atoms with Crippen LogP contribution in [-0.4, -0.2) is 11.1 Å². The van der Waals surface area contributed by atoms with Gasteiger partial charge in [0, 0.05) is 10.0 Å². The summed E-state index contributed by atoms with van der Waals surface area (Å²) in [6.07, 6.45) is 3.25. The first-order valence-electron chi connectivity index (χ1n) is 6.01. The highest BCUT2D eigenvalue weighted by atomic mass is 79.9. The number of nitrogens with zero attached hydrogens (tertiary/aromatic N) is 1. The molecule has 0 spiro atoms.